The van der Waals surface area contributed by atoms with Crippen molar-refractivity contribution in [1.82, 2.24) is 15.0 Å². The topological polar surface area (TPSA) is 53.9 Å². The van der Waals surface area contributed by atoms with Crippen LogP contribution in [0.3, 0.4) is 0 Å². The van der Waals surface area contributed by atoms with Gasteiger partial charge in [0.1, 0.15) is 11.6 Å². The molecule has 0 saturated carbocycles. The fraction of sp³-hybridized carbons (Fsp3) is 0.357. The van der Waals surface area contributed by atoms with Gasteiger partial charge in [-0.2, -0.15) is 15.0 Å². The van der Waals surface area contributed by atoms with E-state index in [-0.39, 0.29) is 11.4 Å². The molecular weight excluding hydrogens is 276 g/mol. The van der Waals surface area contributed by atoms with Gasteiger partial charge in [-0.3, -0.25) is 0 Å². The first-order valence-corrected chi connectivity index (χ1v) is 6.72. The SMILES string of the molecule is CCN(CC)c1nc(NC)nc(-c2cc(F)cc(F)c2)n1. The Bertz CT molecular complexity index is 609. The zero-order valence-electron chi connectivity index (χ0n) is 12.2. The van der Waals surface area contributed by atoms with Gasteiger partial charge in [0.05, 0.1) is 0 Å². The average molecular weight is 293 g/mol. The average Bonchev–Trinajstić information content (AvgIpc) is 2.47. The Labute approximate surface area is 122 Å². The molecule has 0 atom stereocenters. The lowest BCUT2D eigenvalue weighted by molar-refractivity contribution is 0.584. The zero-order chi connectivity index (χ0) is 15.4. The molecule has 1 heterocycles. The van der Waals surface area contributed by atoms with Gasteiger partial charge >= 0.3 is 0 Å². The van der Waals surface area contributed by atoms with Crippen LogP contribution in [-0.4, -0.2) is 35.1 Å². The molecule has 0 saturated heterocycles. The number of hydrogen-bond donors (Lipinski definition) is 1. The van der Waals surface area contributed by atoms with E-state index in [2.05, 4.69) is 20.3 Å². The van der Waals surface area contributed by atoms with Crippen LogP contribution in [0, 0.1) is 11.6 Å². The normalized spacial score (nSPS) is 10.5. The van der Waals surface area contributed by atoms with Crippen molar-refractivity contribution >= 4 is 11.9 Å². The number of halogens is 2. The van der Waals surface area contributed by atoms with E-state index in [9.17, 15) is 8.78 Å². The minimum atomic E-state index is -0.666. The molecule has 0 unspecified atom stereocenters. The second-order valence-corrected chi connectivity index (χ2v) is 4.36. The van der Waals surface area contributed by atoms with E-state index in [0.29, 0.717) is 11.9 Å². The number of nitrogens with one attached hydrogen (secondary N) is 1. The first kappa shape index (κ1) is 15.1. The monoisotopic (exact) mass is 293 g/mol. The first-order valence-electron chi connectivity index (χ1n) is 6.72. The van der Waals surface area contributed by atoms with E-state index in [1.165, 1.54) is 12.1 Å². The summed E-state index contributed by atoms with van der Waals surface area (Å²) in [5, 5.41) is 2.83. The molecule has 0 radical (unpaired) electrons. The van der Waals surface area contributed by atoms with Gasteiger partial charge in [0, 0.05) is 31.8 Å². The van der Waals surface area contributed by atoms with E-state index in [1.807, 2.05) is 18.7 Å². The van der Waals surface area contributed by atoms with Gasteiger partial charge in [0.2, 0.25) is 11.9 Å². The molecule has 2 rings (SSSR count). The van der Waals surface area contributed by atoms with Crippen LogP contribution in [0.1, 0.15) is 13.8 Å². The van der Waals surface area contributed by atoms with Crippen LogP contribution in [0.2, 0.25) is 0 Å². The lowest BCUT2D eigenvalue weighted by atomic mass is 10.2. The molecule has 112 valence electrons. The van der Waals surface area contributed by atoms with Gasteiger partial charge in [-0.05, 0) is 26.0 Å². The number of aromatic nitrogens is 3. The van der Waals surface area contributed by atoms with Crippen molar-refractivity contribution in [2.75, 3.05) is 30.4 Å². The highest BCUT2D eigenvalue weighted by molar-refractivity contribution is 5.58. The molecule has 7 heteroatoms. The molecule has 5 nitrogen and oxygen atoms in total. The lowest BCUT2D eigenvalue weighted by Crippen LogP contribution is -2.25. The van der Waals surface area contributed by atoms with Crippen LogP contribution in [-0.2, 0) is 0 Å². The summed E-state index contributed by atoms with van der Waals surface area (Å²) in [5.74, 6) is -0.276. The molecule has 21 heavy (non-hydrogen) atoms. The Hall–Kier alpha value is -2.31. The van der Waals surface area contributed by atoms with Crippen molar-refractivity contribution < 1.29 is 8.78 Å². The van der Waals surface area contributed by atoms with Crippen LogP contribution in [0.4, 0.5) is 20.7 Å². The minimum Gasteiger partial charge on any atom is -0.357 e. The van der Waals surface area contributed by atoms with E-state index in [4.69, 9.17) is 0 Å². The molecule has 0 spiro atoms. The smallest absolute Gasteiger partial charge is 0.230 e. The third kappa shape index (κ3) is 3.42. The van der Waals surface area contributed by atoms with Crippen molar-refractivity contribution in [2.24, 2.45) is 0 Å². The van der Waals surface area contributed by atoms with Crippen LogP contribution in [0.25, 0.3) is 11.4 Å². The fourth-order valence-electron chi connectivity index (χ4n) is 1.94. The number of rotatable bonds is 5. The molecule has 1 aromatic carbocycles. The summed E-state index contributed by atoms with van der Waals surface area (Å²) in [5.41, 5.74) is 0.278. The summed E-state index contributed by atoms with van der Waals surface area (Å²) in [7, 11) is 1.68. The molecule has 0 fully saturated rings. The summed E-state index contributed by atoms with van der Waals surface area (Å²) < 4.78 is 26.7. The molecule has 0 bridgehead atoms. The summed E-state index contributed by atoms with van der Waals surface area (Å²) in [6.45, 7) is 5.41. The summed E-state index contributed by atoms with van der Waals surface area (Å²) in [4.78, 5) is 14.7. The number of nitrogens with zero attached hydrogens (tertiary/aromatic N) is 4. The Balaban J connectivity index is 2.54. The second-order valence-electron chi connectivity index (χ2n) is 4.36. The Morgan fingerprint density at radius 3 is 2.14 bits per heavy atom. The molecule has 0 aliphatic carbocycles. The van der Waals surface area contributed by atoms with Crippen LogP contribution in [0.5, 0.6) is 0 Å². The highest BCUT2D eigenvalue weighted by atomic mass is 19.1. The van der Waals surface area contributed by atoms with Gasteiger partial charge in [-0.15, -0.1) is 0 Å². The maximum Gasteiger partial charge on any atom is 0.230 e. The number of hydrogen-bond acceptors (Lipinski definition) is 5. The molecule has 1 N–H and O–H groups in total. The standard InChI is InChI=1S/C14H17F2N5/c1-4-21(5-2)14-19-12(18-13(17-3)20-14)9-6-10(15)8-11(16)7-9/h6-8H,4-5H2,1-3H3,(H,17,18,19,20). The van der Waals surface area contributed by atoms with Crippen molar-refractivity contribution in [2.45, 2.75) is 13.8 Å². The van der Waals surface area contributed by atoms with Gasteiger partial charge in [-0.1, -0.05) is 0 Å². The quantitative estimate of drug-likeness (QED) is 0.918. The molecule has 2 aromatic rings. The number of anilines is 2. The van der Waals surface area contributed by atoms with E-state index >= 15 is 0 Å². The van der Waals surface area contributed by atoms with Crippen LogP contribution >= 0.6 is 0 Å². The van der Waals surface area contributed by atoms with E-state index in [0.717, 1.165) is 19.2 Å². The first-order chi connectivity index (χ1) is 10.1. The van der Waals surface area contributed by atoms with E-state index in [1.54, 1.807) is 7.05 Å². The maximum absolute atomic E-state index is 13.4. The molecule has 0 aliphatic rings. The van der Waals surface area contributed by atoms with Gasteiger partial charge in [0.25, 0.3) is 0 Å². The van der Waals surface area contributed by atoms with Crippen molar-refractivity contribution in [1.29, 1.82) is 0 Å². The minimum absolute atomic E-state index is 0.231. The largest absolute Gasteiger partial charge is 0.357 e. The third-order valence-electron chi connectivity index (χ3n) is 3.01. The van der Waals surface area contributed by atoms with E-state index < -0.39 is 11.6 Å². The lowest BCUT2D eigenvalue weighted by Gasteiger charge is -2.19. The van der Waals surface area contributed by atoms with Crippen LogP contribution < -0.4 is 10.2 Å². The predicted octanol–water partition coefficient (Wildman–Crippen LogP) is 2.70. The molecule has 0 aliphatic heterocycles. The summed E-state index contributed by atoms with van der Waals surface area (Å²) >= 11 is 0. The van der Waals surface area contributed by atoms with Crippen LogP contribution in [0.15, 0.2) is 18.2 Å². The summed E-state index contributed by atoms with van der Waals surface area (Å²) in [6, 6.07) is 3.21. The van der Waals surface area contributed by atoms with Crippen molar-refractivity contribution in [3.05, 3.63) is 29.8 Å². The Morgan fingerprint density at radius 2 is 1.62 bits per heavy atom. The van der Waals surface area contributed by atoms with Gasteiger partial charge in [-0.25, -0.2) is 8.78 Å². The predicted molar refractivity (Wildman–Crippen MR) is 78.3 cm³/mol. The Morgan fingerprint density at radius 1 is 1.00 bits per heavy atom. The number of benzene rings is 1. The van der Waals surface area contributed by atoms with Crippen molar-refractivity contribution in [3.63, 3.8) is 0 Å². The third-order valence-corrected chi connectivity index (χ3v) is 3.01. The second kappa shape index (κ2) is 6.43. The highest BCUT2D eigenvalue weighted by Crippen LogP contribution is 2.21. The summed E-state index contributed by atoms with van der Waals surface area (Å²) in [6.07, 6.45) is 0. The molecular formula is C14H17F2N5. The highest BCUT2D eigenvalue weighted by Gasteiger charge is 2.13. The zero-order valence-corrected chi connectivity index (χ0v) is 12.2. The van der Waals surface area contributed by atoms with Gasteiger partial charge in [0.15, 0.2) is 5.82 Å². The molecule has 0 amide bonds. The Kier molecular flexibility index (Phi) is 4.62. The maximum atomic E-state index is 13.4. The molecule has 1 aromatic heterocycles. The fourth-order valence-corrected chi connectivity index (χ4v) is 1.94. The van der Waals surface area contributed by atoms with Gasteiger partial charge < -0.3 is 10.2 Å². The van der Waals surface area contributed by atoms with Crippen molar-refractivity contribution in [3.8, 4) is 11.4 Å².